The normalized spacial score (nSPS) is 10.3. The van der Waals surface area contributed by atoms with Gasteiger partial charge in [-0.2, -0.15) is 0 Å². The van der Waals surface area contributed by atoms with E-state index in [2.05, 4.69) is 15.9 Å². The highest BCUT2D eigenvalue weighted by Crippen LogP contribution is 2.38. The summed E-state index contributed by atoms with van der Waals surface area (Å²) in [7, 11) is 1.97. The predicted molar refractivity (Wildman–Crippen MR) is 108 cm³/mol. The fourth-order valence-corrected chi connectivity index (χ4v) is 3.06. The van der Waals surface area contributed by atoms with Crippen LogP contribution < -0.4 is 15.5 Å². The van der Waals surface area contributed by atoms with Crippen LogP contribution in [0.3, 0.4) is 0 Å². The first kappa shape index (κ1) is 17.0. The van der Waals surface area contributed by atoms with E-state index in [0.717, 1.165) is 27.9 Å². The average Bonchev–Trinajstić information content (AvgIpc) is 2.66. The molecule has 3 aromatic rings. The minimum absolute atomic E-state index is 0.535. The second-order valence-corrected chi connectivity index (χ2v) is 6.48. The number of halogens is 1. The van der Waals surface area contributed by atoms with E-state index < -0.39 is 0 Å². The lowest BCUT2D eigenvalue weighted by Crippen LogP contribution is -2.20. The molecule has 1 amide bonds. The first-order chi connectivity index (χ1) is 12.1. The predicted octanol–water partition coefficient (Wildman–Crippen LogP) is 5.09. The molecule has 0 unspecified atom stereocenters. The lowest BCUT2D eigenvalue weighted by Gasteiger charge is -2.27. The highest BCUT2D eigenvalue weighted by atomic mass is 79.9. The Labute approximate surface area is 155 Å². The van der Waals surface area contributed by atoms with E-state index in [4.69, 9.17) is 5.73 Å². The Morgan fingerprint density at radius 1 is 0.880 bits per heavy atom. The Bertz CT molecular complexity index is 883. The lowest BCUT2D eigenvalue weighted by molar-refractivity contribution is -0.106. The maximum atomic E-state index is 11.9. The van der Waals surface area contributed by atoms with Gasteiger partial charge < -0.3 is 10.6 Å². The van der Waals surface area contributed by atoms with Crippen LogP contribution in [0.25, 0.3) is 0 Å². The number of para-hydroxylation sites is 3. The van der Waals surface area contributed by atoms with Gasteiger partial charge in [0.05, 0.1) is 22.7 Å². The topological polar surface area (TPSA) is 49.6 Å². The number of rotatable bonds is 5. The number of nitrogens with zero attached hydrogens (tertiary/aromatic N) is 2. The van der Waals surface area contributed by atoms with Crippen LogP contribution in [0, 0.1) is 0 Å². The largest absolute Gasteiger partial charge is 0.397 e. The summed E-state index contributed by atoms with van der Waals surface area (Å²) in [5.41, 5.74) is 9.97. The highest BCUT2D eigenvalue weighted by molar-refractivity contribution is 9.10. The summed E-state index contributed by atoms with van der Waals surface area (Å²) >= 11 is 3.44. The zero-order valence-corrected chi connectivity index (χ0v) is 15.3. The van der Waals surface area contributed by atoms with Crippen LogP contribution in [0.4, 0.5) is 28.4 Å². The lowest BCUT2D eigenvalue weighted by atomic mass is 10.1. The Morgan fingerprint density at radius 2 is 1.52 bits per heavy atom. The van der Waals surface area contributed by atoms with Crippen molar-refractivity contribution < 1.29 is 4.79 Å². The van der Waals surface area contributed by atoms with E-state index in [9.17, 15) is 4.79 Å². The molecule has 0 fully saturated rings. The Kier molecular flexibility index (Phi) is 5.05. The molecule has 0 heterocycles. The van der Waals surface area contributed by atoms with Gasteiger partial charge in [0.2, 0.25) is 6.41 Å². The van der Waals surface area contributed by atoms with Crippen LogP contribution in [0.5, 0.6) is 0 Å². The maximum absolute atomic E-state index is 11.9. The van der Waals surface area contributed by atoms with E-state index in [1.807, 2.05) is 78.7 Å². The molecule has 0 spiro atoms. The first-order valence-electron chi connectivity index (χ1n) is 7.79. The van der Waals surface area contributed by atoms with Crippen molar-refractivity contribution in [2.24, 2.45) is 0 Å². The summed E-state index contributed by atoms with van der Waals surface area (Å²) in [6.45, 7) is 0. The van der Waals surface area contributed by atoms with E-state index >= 15 is 0 Å². The zero-order chi connectivity index (χ0) is 17.8. The molecule has 25 heavy (non-hydrogen) atoms. The molecule has 0 bridgehead atoms. The number of benzene rings is 3. The fraction of sp³-hybridized carbons (Fsp3) is 0.0500. The Balaban J connectivity index is 2.10. The van der Waals surface area contributed by atoms with E-state index in [1.165, 1.54) is 0 Å². The highest BCUT2D eigenvalue weighted by Gasteiger charge is 2.18. The number of carbonyl (C=O) groups excluding carboxylic acids is 1. The Hall–Kier alpha value is -2.79. The van der Waals surface area contributed by atoms with E-state index in [1.54, 1.807) is 11.0 Å². The summed E-state index contributed by atoms with van der Waals surface area (Å²) in [6.07, 6.45) is 0.787. The number of nitrogen functional groups attached to an aromatic ring is 1. The van der Waals surface area contributed by atoms with Crippen molar-refractivity contribution in [1.29, 1.82) is 0 Å². The van der Waals surface area contributed by atoms with Crippen LogP contribution in [-0.4, -0.2) is 13.5 Å². The standard InChI is InChI=1S/C20H18BrN3O/c1-23(16-7-3-2-4-8-16)18-9-5-6-10-19(18)24(14-25)20-13-15(21)11-12-17(20)22/h2-14H,22H2,1H3. The third-order valence-corrected chi connectivity index (χ3v) is 4.50. The van der Waals surface area contributed by atoms with Crippen LogP contribution in [0.2, 0.25) is 0 Å². The number of carbonyl (C=O) groups is 1. The average molecular weight is 396 g/mol. The molecule has 0 atom stereocenters. The van der Waals surface area contributed by atoms with Gasteiger partial charge in [-0.3, -0.25) is 9.69 Å². The molecule has 5 heteroatoms. The van der Waals surface area contributed by atoms with Gasteiger partial charge in [0.25, 0.3) is 0 Å². The molecule has 3 rings (SSSR count). The number of anilines is 5. The Morgan fingerprint density at radius 3 is 2.20 bits per heavy atom. The maximum Gasteiger partial charge on any atom is 0.218 e. The van der Waals surface area contributed by atoms with Gasteiger partial charge in [0, 0.05) is 17.2 Å². The van der Waals surface area contributed by atoms with Crippen molar-refractivity contribution in [2.45, 2.75) is 0 Å². The smallest absolute Gasteiger partial charge is 0.218 e. The van der Waals surface area contributed by atoms with Crippen molar-refractivity contribution in [3.63, 3.8) is 0 Å². The molecule has 2 N–H and O–H groups in total. The quantitative estimate of drug-likeness (QED) is 0.483. The molecule has 4 nitrogen and oxygen atoms in total. The van der Waals surface area contributed by atoms with Crippen molar-refractivity contribution >= 4 is 50.8 Å². The minimum atomic E-state index is 0.535. The summed E-state index contributed by atoms with van der Waals surface area (Å²) < 4.78 is 0.859. The van der Waals surface area contributed by atoms with E-state index in [0.29, 0.717) is 11.4 Å². The van der Waals surface area contributed by atoms with Gasteiger partial charge in [-0.1, -0.05) is 46.3 Å². The molecule has 0 saturated heterocycles. The van der Waals surface area contributed by atoms with Gasteiger partial charge in [0.1, 0.15) is 0 Å². The van der Waals surface area contributed by atoms with Crippen molar-refractivity contribution in [3.8, 4) is 0 Å². The van der Waals surface area contributed by atoms with Crippen LogP contribution in [0.15, 0.2) is 77.3 Å². The number of hydrogen-bond acceptors (Lipinski definition) is 3. The summed E-state index contributed by atoms with van der Waals surface area (Å²) in [6, 6.07) is 23.2. The summed E-state index contributed by atoms with van der Waals surface area (Å²) in [4.78, 5) is 15.5. The summed E-state index contributed by atoms with van der Waals surface area (Å²) in [5.74, 6) is 0. The molecule has 126 valence electrons. The first-order valence-corrected chi connectivity index (χ1v) is 8.58. The number of nitrogens with two attached hydrogens (primary N) is 1. The number of amides is 1. The second kappa shape index (κ2) is 7.40. The molecular weight excluding hydrogens is 378 g/mol. The molecule has 0 saturated carbocycles. The molecule has 0 aliphatic heterocycles. The molecule has 0 aromatic heterocycles. The third-order valence-electron chi connectivity index (χ3n) is 4.00. The van der Waals surface area contributed by atoms with Gasteiger partial charge in [-0.25, -0.2) is 0 Å². The molecule has 0 aliphatic carbocycles. The zero-order valence-electron chi connectivity index (χ0n) is 13.8. The summed E-state index contributed by atoms with van der Waals surface area (Å²) in [5, 5.41) is 0. The third kappa shape index (κ3) is 3.51. The molecular formula is C20H18BrN3O. The van der Waals surface area contributed by atoms with Gasteiger partial charge >= 0.3 is 0 Å². The van der Waals surface area contributed by atoms with Gasteiger partial charge in [-0.15, -0.1) is 0 Å². The minimum Gasteiger partial charge on any atom is -0.397 e. The van der Waals surface area contributed by atoms with Gasteiger partial charge in [0.15, 0.2) is 0 Å². The molecule has 0 radical (unpaired) electrons. The molecule has 3 aromatic carbocycles. The van der Waals surface area contributed by atoms with Crippen molar-refractivity contribution in [1.82, 2.24) is 0 Å². The van der Waals surface area contributed by atoms with Crippen LogP contribution >= 0.6 is 15.9 Å². The van der Waals surface area contributed by atoms with Crippen LogP contribution in [0.1, 0.15) is 0 Å². The second-order valence-electron chi connectivity index (χ2n) is 5.56. The van der Waals surface area contributed by atoms with Crippen LogP contribution in [-0.2, 0) is 4.79 Å². The number of hydrogen-bond donors (Lipinski definition) is 1. The van der Waals surface area contributed by atoms with Crippen molar-refractivity contribution in [3.05, 3.63) is 77.3 Å². The van der Waals surface area contributed by atoms with Crippen molar-refractivity contribution in [2.75, 3.05) is 22.6 Å². The monoisotopic (exact) mass is 395 g/mol. The fourth-order valence-electron chi connectivity index (χ4n) is 2.71. The van der Waals surface area contributed by atoms with E-state index in [-0.39, 0.29) is 0 Å². The SMILES string of the molecule is CN(c1ccccc1)c1ccccc1N(C=O)c1cc(Br)ccc1N. The molecule has 0 aliphatic rings. The van der Waals surface area contributed by atoms with Gasteiger partial charge in [-0.05, 0) is 42.5 Å².